The number of nitrogens with two attached hydrogens (primary N) is 1. The van der Waals surface area contributed by atoms with Crippen molar-refractivity contribution in [3.8, 4) is 5.88 Å². The molecule has 1 fully saturated rings. The van der Waals surface area contributed by atoms with Crippen molar-refractivity contribution >= 4 is 0 Å². The van der Waals surface area contributed by atoms with Crippen molar-refractivity contribution in [1.82, 2.24) is 4.98 Å². The maximum absolute atomic E-state index is 6.39. The Morgan fingerprint density at radius 3 is 2.53 bits per heavy atom. The third kappa shape index (κ3) is 2.12. The monoisotopic (exact) mass is 206 g/mol. The Hall–Kier alpha value is -1.09. The lowest BCUT2D eigenvalue weighted by molar-refractivity contribution is 0.300. The van der Waals surface area contributed by atoms with Crippen molar-refractivity contribution in [1.29, 1.82) is 0 Å². The van der Waals surface area contributed by atoms with Crippen LogP contribution in [-0.2, 0) is 5.54 Å². The van der Waals surface area contributed by atoms with E-state index in [2.05, 4.69) is 4.98 Å². The van der Waals surface area contributed by atoms with Crippen molar-refractivity contribution in [2.75, 3.05) is 7.11 Å². The second-order valence-electron chi connectivity index (χ2n) is 4.31. The van der Waals surface area contributed by atoms with Gasteiger partial charge < -0.3 is 10.5 Å². The fraction of sp³-hybridized carbons (Fsp3) is 0.583. The summed E-state index contributed by atoms with van der Waals surface area (Å²) >= 11 is 0. The summed E-state index contributed by atoms with van der Waals surface area (Å²) in [6, 6.07) is 3.93. The largest absolute Gasteiger partial charge is 0.481 e. The Balaban J connectivity index is 2.20. The molecule has 0 radical (unpaired) electrons. The summed E-state index contributed by atoms with van der Waals surface area (Å²) in [4.78, 5) is 4.22. The summed E-state index contributed by atoms with van der Waals surface area (Å²) in [5.74, 6) is 0.651. The molecule has 0 saturated heterocycles. The first kappa shape index (κ1) is 10.4. The summed E-state index contributed by atoms with van der Waals surface area (Å²) in [6.45, 7) is 0. The van der Waals surface area contributed by atoms with Crippen LogP contribution in [0.3, 0.4) is 0 Å². The Labute approximate surface area is 90.7 Å². The fourth-order valence-electron chi connectivity index (χ4n) is 2.27. The van der Waals surface area contributed by atoms with Gasteiger partial charge in [-0.25, -0.2) is 4.98 Å². The summed E-state index contributed by atoms with van der Waals surface area (Å²) in [5, 5.41) is 0. The van der Waals surface area contributed by atoms with Crippen molar-refractivity contribution < 1.29 is 4.74 Å². The highest BCUT2D eigenvalue weighted by atomic mass is 16.5. The molecule has 2 rings (SSSR count). The maximum Gasteiger partial charge on any atom is 0.212 e. The van der Waals surface area contributed by atoms with Crippen LogP contribution in [0.15, 0.2) is 18.3 Å². The topological polar surface area (TPSA) is 48.1 Å². The van der Waals surface area contributed by atoms with Crippen LogP contribution < -0.4 is 10.5 Å². The molecule has 0 aliphatic heterocycles. The number of nitrogens with zero attached hydrogens (tertiary/aromatic N) is 1. The zero-order chi connectivity index (χ0) is 10.7. The van der Waals surface area contributed by atoms with Gasteiger partial charge in [-0.3, -0.25) is 0 Å². The average Bonchev–Trinajstić information content (AvgIpc) is 2.30. The molecule has 1 aliphatic carbocycles. The Morgan fingerprint density at radius 2 is 2.00 bits per heavy atom. The highest BCUT2D eigenvalue weighted by molar-refractivity contribution is 5.25. The highest BCUT2D eigenvalue weighted by Crippen LogP contribution is 2.34. The lowest BCUT2D eigenvalue weighted by Gasteiger charge is -2.33. The van der Waals surface area contributed by atoms with Crippen molar-refractivity contribution in [2.24, 2.45) is 5.73 Å². The molecule has 82 valence electrons. The van der Waals surface area contributed by atoms with Gasteiger partial charge in [-0.1, -0.05) is 25.3 Å². The number of ether oxygens (including phenoxy) is 1. The van der Waals surface area contributed by atoms with Gasteiger partial charge >= 0.3 is 0 Å². The first-order valence-electron chi connectivity index (χ1n) is 5.54. The molecule has 1 aliphatic rings. The van der Waals surface area contributed by atoms with Gasteiger partial charge in [0.25, 0.3) is 0 Å². The van der Waals surface area contributed by atoms with Crippen LogP contribution in [0.25, 0.3) is 0 Å². The molecule has 2 N–H and O–H groups in total. The maximum atomic E-state index is 6.39. The molecule has 1 aromatic rings. The highest BCUT2D eigenvalue weighted by Gasteiger charge is 2.29. The normalized spacial score (nSPS) is 19.9. The fourth-order valence-corrected chi connectivity index (χ4v) is 2.27. The number of aromatic nitrogens is 1. The van der Waals surface area contributed by atoms with Gasteiger partial charge in [0.15, 0.2) is 0 Å². The first-order valence-corrected chi connectivity index (χ1v) is 5.54. The number of hydrogen-bond donors (Lipinski definition) is 1. The zero-order valence-electron chi connectivity index (χ0n) is 9.20. The molecule has 3 heteroatoms. The second kappa shape index (κ2) is 4.19. The Bertz CT molecular complexity index is 315. The quantitative estimate of drug-likeness (QED) is 0.807. The molecule has 1 heterocycles. The van der Waals surface area contributed by atoms with E-state index in [-0.39, 0.29) is 5.54 Å². The van der Waals surface area contributed by atoms with Gasteiger partial charge in [0, 0.05) is 17.8 Å². The van der Waals surface area contributed by atoms with E-state index in [9.17, 15) is 0 Å². The molecule has 1 saturated carbocycles. The first-order chi connectivity index (χ1) is 7.24. The summed E-state index contributed by atoms with van der Waals surface area (Å²) in [6.07, 6.45) is 7.75. The van der Waals surface area contributed by atoms with Crippen LogP contribution >= 0.6 is 0 Å². The van der Waals surface area contributed by atoms with Gasteiger partial charge in [0.1, 0.15) is 0 Å². The number of hydrogen-bond acceptors (Lipinski definition) is 3. The SMILES string of the molecule is COc1ccc(C2(N)CCCCC2)cn1. The Morgan fingerprint density at radius 1 is 1.27 bits per heavy atom. The molecule has 0 atom stereocenters. The third-order valence-corrected chi connectivity index (χ3v) is 3.27. The minimum absolute atomic E-state index is 0.155. The molecule has 0 amide bonds. The van der Waals surface area contributed by atoms with Gasteiger partial charge in [-0.05, 0) is 18.4 Å². The van der Waals surface area contributed by atoms with Gasteiger partial charge in [-0.15, -0.1) is 0 Å². The molecule has 1 aromatic heterocycles. The van der Waals surface area contributed by atoms with Crippen molar-refractivity contribution in [2.45, 2.75) is 37.6 Å². The summed E-state index contributed by atoms with van der Waals surface area (Å²) in [5.41, 5.74) is 7.38. The zero-order valence-corrected chi connectivity index (χ0v) is 9.20. The standard InChI is InChI=1S/C12H18N2O/c1-15-11-6-5-10(9-14-11)12(13)7-3-2-4-8-12/h5-6,9H,2-4,7-8,13H2,1H3. The number of pyridine rings is 1. The van der Waals surface area contributed by atoms with Crippen LogP contribution in [0.5, 0.6) is 5.88 Å². The summed E-state index contributed by atoms with van der Waals surface area (Å²) < 4.78 is 5.04. The molecule has 0 spiro atoms. The minimum atomic E-state index is -0.155. The second-order valence-corrected chi connectivity index (χ2v) is 4.31. The van der Waals surface area contributed by atoms with E-state index >= 15 is 0 Å². The van der Waals surface area contributed by atoms with Crippen molar-refractivity contribution in [3.05, 3.63) is 23.9 Å². The van der Waals surface area contributed by atoms with Gasteiger partial charge in [0.2, 0.25) is 5.88 Å². The van der Waals surface area contributed by atoms with E-state index in [1.807, 2.05) is 18.3 Å². The van der Waals surface area contributed by atoms with Crippen LogP contribution in [0.1, 0.15) is 37.7 Å². The summed E-state index contributed by atoms with van der Waals surface area (Å²) in [7, 11) is 1.63. The van der Waals surface area contributed by atoms with Crippen molar-refractivity contribution in [3.63, 3.8) is 0 Å². The number of methoxy groups -OCH3 is 1. The molecular weight excluding hydrogens is 188 g/mol. The molecule has 15 heavy (non-hydrogen) atoms. The van der Waals surface area contributed by atoms with E-state index < -0.39 is 0 Å². The molecular formula is C12H18N2O. The van der Waals surface area contributed by atoms with E-state index in [0.717, 1.165) is 18.4 Å². The van der Waals surface area contributed by atoms with E-state index in [1.54, 1.807) is 7.11 Å². The number of rotatable bonds is 2. The third-order valence-electron chi connectivity index (χ3n) is 3.27. The van der Waals surface area contributed by atoms with Gasteiger partial charge in [-0.2, -0.15) is 0 Å². The molecule has 0 aromatic carbocycles. The lowest BCUT2D eigenvalue weighted by Crippen LogP contribution is -2.38. The van der Waals surface area contributed by atoms with Crippen LogP contribution in [0.4, 0.5) is 0 Å². The smallest absolute Gasteiger partial charge is 0.212 e. The van der Waals surface area contributed by atoms with E-state index in [0.29, 0.717) is 5.88 Å². The molecule has 3 nitrogen and oxygen atoms in total. The van der Waals surface area contributed by atoms with E-state index in [4.69, 9.17) is 10.5 Å². The van der Waals surface area contributed by atoms with Gasteiger partial charge in [0.05, 0.1) is 7.11 Å². The average molecular weight is 206 g/mol. The minimum Gasteiger partial charge on any atom is -0.481 e. The lowest BCUT2D eigenvalue weighted by atomic mass is 9.78. The van der Waals surface area contributed by atoms with Crippen LogP contribution in [0, 0.1) is 0 Å². The Kier molecular flexibility index (Phi) is 2.91. The molecule has 0 unspecified atom stereocenters. The van der Waals surface area contributed by atoms with E-state index in [1.165, 1.54) is 19.3 Å². The predicted molar refractivity (Wildman–Crippen MR) is 59.7 cm³/mol. The van der Waals surface area contributed by atoms with Crippen LogP contribution in [0.2, 0.25) is 0 Å². The molecule has 0 bridgehead atoms. The predicted octanol–water partition coefficient (Wildman–Crippen LogP) is 2.21. The van der Waals surface area contributed by atoms with Crippen LogP contribution in [-0.4, -0.2) is 12.1 Å².